The van der Waals surface area contributed by atoms with Gasteiger partial charge in [-0.2, -0.15) is 0 Å². The van der Waals surface area contributed by atoms with Crippen LogP contribution in [0.4, 0.5) is 17.1 Å². The molecule has 1 aromatic heterocycles. The summed E-state index contributed by atoms with van der Waals surface area (Å²) >= 11 is 0. The molecule has 0 N–H and O–H groups in total. The summed E-state index contributed by atoms with van der Waals surface area (Å²) in [6.07, 6.45) is 10.7. The molecule has 5 unspecified atom stereocenters. The average molecular weight is 747 g/mol. The number of anilines is 3. The van der Waals surface area contributed by atoms with E-state index in [1.807, 2.05) is 0 Å². The molecule has 2 nitrogen and oxygen atoms in total. The molecule has 0 amide bonds. The Labute approximate surface area is 340 Å². The quantitative estimate of drug-likeness (QED) is 0.174. The molecule has 4 bridgehead atoms. The molecule has 58 heavy (non-hydrogen) atoms. The maximum atomic E-state index is 2.60. The standard InChI is InChI=1S/C56H46N2/c1-2-12-37(13-3-1)58-53-19-9-6-16-45(53)46-26-22-40(34-54(46)58)57(39-21-25-44-42-14-4-7-17-48(42)55(51(44)33-39)28-10-11-29-55)38-23-27-50-47(32-38)43-15-5-8-18-49(43)56(50)36-20-24-41-35(30-36)31-52(41)56/h1-9,12-19,21-23,25-27,32-36,41,52H,10-11,20,24,28-31H2. The van der Waals surface area contributed by atoms with Crippen molar-refractivity contribution >= 4 is 38.9 Å². The van der Waals surface area contributed by atoms with Crippen molar-refractivity contribution in [3.63, 3.8) is 0 Å². The lowest BCUT2D eigenvalue weighted by Gasteiger charge is -2.67. The largest absolute Gasteiger partial charge is 0.310 e. The van der Waals surface area contributed by atoms with Gasteiger partial charge in [0.15, 0.2) is 0 Å². The predicted octanol–water partition coefficient (Wildman–Crippen LogP) is 14.4. The third kappa shape index (κ3) is 3.90. The number of benzene rings is 7. The molecule has 7 aromatic carbocycles. The van der Waals surface area contributed by atoms with Gasteiger partial charge in [-0.3, -0.25) is 0 Å². The van der Waals surface area contributed by atoms with Crippen molar-refractivity contribution in [3.8, 4) is 27.9 Å². The lowest BCUT2D eigenvalue weighted by atomic mass is 9.36. The van der Waals surface area contributed by atoms with Crippen LogP contribution in [0.2, 0.25) is 0 Å². The van der Waals surface area contributed by atoms with E-state index in [4.69, 9.17) is 0 Å². The van der Waals surface area contributed by atoms with Gasteiger partial charge in [-0.1, -0.05) is 116 Å². The number of nitrogens with zero attached hydrogens (tertiary/aromatic N) is 2. The van der Waals surface area contributed by atoms with Gasteiger partial charge in [0.1, 0.15) is 0 Å². The highest BCUT2D eigenvalue weighted by atomic mass is 15.1. The van der Waals surface area contributed by atoms with Crippen molar-refractivity contribution < 1.29 is 0 Å². The Morgan fingerprint density at radius 1 is 0.483 bits per heavy atom. The van der Waals surface area contributed by atoms with E-state index >= 15 is 0 Å². The van der Waals surface area contributed by atoms with Gasteiger partial charge in [0, 0.05) is 44.4 Å². The van der Waals surface area contributed by atoms with Gasteiger partial charge in [0.2, 0.25) is 0 Å². The molecule has 0 radical (unpaired) electrons. The van der Waals surface area contributed by atoms with E-state index in [2.05, 4.69) is 167 Å². The number of aromatic nitrogens is 1. The van der Waals surface area contributed by atoms with Gasteiger partial charge < -0.3 is 9.47 Å². The summed E-state index contributed by atoms with van der Waals surface area (Å²) < 4.78 is 2.46. The first kappa shape index (κ1) is 32.1. The number of rotatable bonds is 4. The Bertz CT molecular complexity index is 3010. The van der Waals surface area contributed by atoms with Crippen LogP contribution < -0.4 is 4.90 Å². The molecular weight excluding hydrogens is 701 g/mol. The normalized spacial score (nSPS) is 24.9. The topological polar surface area (TPSA) is 8.17 Å². The number of fused-ring (bicyclic) bond motifs is 12. The minimum absolute atomic E-state index is 0.0987. The molecule has 8 aromatic rings. The molecule has 0 aliphatic heterocycles. The minimum atomic E-state index is 0.0987. The first-order chi connectivity index (χ1) is 28.7. The van der Waals surface area contributed by atoms with E-state index < -0.39 is 0 Å². The third-order valence-corrected chi connectivity index (χ3v) is 16.6. The van der Waals surface area contributed by atoms with Crippen LogP contribution in [0.15, 0.2) is 158 Å². The monoisotopic (exact) mass is 746 g/mol. The highest BCUT2D eigenvalue weighted by Gasteiger charge is 2.67. The van der Waals surface area contributed by atoms with Gasteiger partial charge in [-0.15, -0.1) is 0 Å². The summed E-state index contributed by atoms with van der Waals surface area (Å²) in [6.45, 7) is 0. The van der Waals surface area contributed by atoms with Crippen LogP contribution >= 0.6 is 0 Å². The molecule has 7 aliphatic carbocycles. The van der Waals surface area contributed by atoms with Crippen molar-refractivity contribution in [3.05, 3.63) is 180 Å². The van der Waals surface area contributed by atoms with Crippen LogP contribution in [0.3, 0.4) is 0 Å². The molecule has 5 fully saturated rings. The first-order valence-corrected chi connectivity index (χ1v) is 22.1. The molecule has 1 heterocycles. The van der Waals surface area contributed by atoms with Crippen LogP contribution in [0, 0.1) is 23.7 Å². The lowest BCUT2D eigenvalue weighted by Crippen LogP contribution is -2.62. The highest BCUT2D eigenvalue weighted by molar-refractivity contribution is 6.10. The van der Waals surface area contributed by atoms with Crippen LogP contribution in [-0.4, -0.2) is 4.57 Å². The minimum Gasteiger partial charge on any atom is -0.310 e. The van der Waals surface area contributed by atoms with Gasteiger partial charge in [-0.05, 0) is 161 Å². The van der Waals surface area contributed by atoms with Crippen molar-refractivity contribution in [1.82, 2.24) is 4.57 Å². The van der Waals surface area contributed by atoms with E-state index in [9.17, 15) is 0 Å². The molecule has 5 atom stereocenters. The second-order valence-corrected chi connectivity index (χ2v) is 18.7. The number of hydrogen-bond donors (Lipinski definition) is 0. The molecule has 0 saturated heterocycles. The Balaban J connectivity index is 1.01. The van der Waals surface area contributed by atoms with Gasteiger partial charge in [0.25, 0.3) is 0 Å². The third-order valence-electron chi connectivity index (χ3n) is 16.6. The zero-order valence-electron chi connectivity index (χ0n) is 32.9. The maximum Gasteiger partial charge on any atom is 0.0561 e. The van der Waals surface area contributed by atoms with E-state index in [0.29, 0.717) is 0 Å². The highest BCUT2D eigenvalue weighted by Crippen LogP contribution is 2.74. The van der Waals surface area contributed by atoms with Crippen molar-refractivity contribution in [2.45, 2.75) is 62.2 Å². The van der Waals surface area contributed by atoms with Crippen LogP contribution in [0.1, 0.15) is 73.6 Å². The van der Waals surface area contributed by atoms with Crippen LogP contribution in [0.25, 0.3) is 49.7 Å². The Kier molecular flexibility index (Phi) is 6.32. The molecular formula is C56H46N2. The number of para-hydroxylation sites is 2. The van der Waals surface area contributed by atoms with Crippen LogP contribution in [0.5, 0.6) is 0 Å². The maximum absolute atomic E-state index is 2.60. The van der Waals surface area contributed by atoms with E-state index in [-0.39, 0.29) is 10.8 Å². The summed E-state index contributed by atoms with van der Waals surface area (Å²) in [6, 6.07) is 61.0. The van der Waals surface area contributed by atoms with Gasteiger partial charge >= 0.3 is 0 Å². The van der Waals surface area contributed by atoms with E-state index in [1.54, 1.807) is 16.7 Å². The summed E-state index contributed by atoms with van der Waals surface area (Å²) in [7, 11) is 0. The first-order valence-electron chi connectivity index (χ1n) is 22.1. The van der Waals surface area contributed by atoms with Crippen molar-refractivity contribution in [2.24, 2.45) is 23.7 Å². The summed E-state index contributed by atoms with van der Waals surface area (Å²) in [5, 5.41) is 2.57. The summed E-state index contributed by atoms with van der Waals surface area (Å²) in [5.74, 6) is 3.42. The smallest absolute Gasteiger partial charge is 0.0561 e. The van der Waals surface area contributed by atoms with E-state index in [0.717, 1.165) is 23.7 Å². The zero-order valence-corrected chi connectivity index (χ0v) is 32.9. The molecule has 2 heteroatoms. The fourth-order valence-corrected chi connectivity index (χ4v) is 14.5. The van der Waals surface area contributed by atoms with Crippen molar-refractivity contribution in [1.29, 1.82) is 0 Å². The summed E-state index contributed by atoms with van der Waals surface area (Å²) in [5.41, 5.74) is 19.7. The zero-order chi connectivity index (χ0) is 37.7. The Morgan fingerprint density at radius 3 is 1.97 bits per heavy atom. The number of hydrogen-bond acceptors (Lipinski definition) is 1. The summed E-state index contributed by atoms with van der Waals surface area (Å²) in [4.78, 5) is 2.60. The van der Waals surface area contributed by atoms with Crippen LogP contribution in [-0.2, 0) is 10.8 Å². The Hall–Kier alpha value is -5.86. The molecule has 7 aliphatic rings. The molecule has 2 spiro atoms. The SMILES string of the molecule is c1ccc(-n2c3ccccc3c3ccc(N(c4ccc5c(c4)-c4ccccc4C54C5CCC6C(C5)CC64)c4ccc5c(c4)C4(CCCC4)c4ccccc4-5)cc32)cc1. The Morgan fingerprint density at radius 2 is 1.14 bits per heavy atom. The second kappa shape index (κ2) is 11.4. The molecule has 5 saturated carbocycles. The average Bonchev–Trinajstić information content (AvgIpc) is 4.03. The van der Waals surface area contributed by atoms with Gasteiger partial charge in [0.05, 0.1) is 11.0 Å². The lowest BCUT2D eigenvalue weighted by molar-refractivity contribution is -0.123. The molecule has 280 valence electrons. The molecule has 15 rings (SSSR count). The second-order valence-electron chi connectivity index (χ2n) is 18.7. The fraction of sp³-hybridized carbons (Fsp3) is 0.250. The van der Waals surface area contributed by atoms with Crippen molar-refractivity contribution in [2.75, 3.05) is 4.90 Å². The fourth-order valence-electron chi connectivity index (χ4n) is 14.5. The predicted molar refractivity (Wildman–Crippen MR) is 239 cm³/mol. The van der Waals surface area contributed by atoms with E-state index in [1.165, 1.54) is 124 Å². The van der Waals surface area contributed by atoms with Gasteiger partial charge in [-0.25, -0.2) is 0 Å².